The van der Waals surface area contributed by atoms with Crippen molar-refractivity contribution in [2.45, 2.75) is 0 Å². The van der Waals surface area contributed by atoms with E-state index in [0.29, 0.717) is 5.56 Å². The molecule has 0 bridgehead atoms. The zero-order valence-corrected chi connectivity index (χ0v) is 12.6. The third-order valence-corrected chi connectivity index (χ3v) is 2.90. The second kappa shape index (κ2) is 5.55. The molecule has 5 heteroatoms. The summed E-state index contributed by atoms with van der Waals surface area (Å²) >= 11 is 3.47. The summed E-state index contributed by atoms with van der Waals surface area (Å²) in [5.74, 6) is 0. The molecule has 0 spiro atoms. The van der Waals surface area contributed by atoms with Crippen LogP contribution in [0.2, 0.25) is 0 Å². The van der Waals surface area contributed by atoms with Crippen LogP contribution >= 0.6 is 39.9 Å². The lowest BCUT2D eigenvalue weighted by atomic mass is 10.2. The minimum Gasteiger partial charge on any atom is -0.361 e. The molecule has 0 aromatic heterocycles. The van der Waals surface area contributed by atoms with E-state index in [-0.39, 0.29) is 24.0 Å². The van der Waals surface area contributed by atoms with Gasteiger partial charge in [-0.3, -0.25) is 0 Å². The summed E-state index contributed by atoms with van der Waals surface area (Å²) in [7, 11) is 2.02. The average Bonchev–Trinajstić information content (AvgIpc) is 2.64. The fraction of sp³-hybridized carbons (Fsp3) is 0.182. The van der Waals surface area contributed by atoms with Crippen LogP contribution in [-0.2, 0) is 0 Å². The summed E-state index contributed by atoms with van der Waals surface area (Å²) in [4.78, 5) is 4.20. The smallest absolute Gasteiger partial charge is 0.0992 e. The van der Waals surface area contributed by atoms with Crippen molar-refractivity contribution in [3.8, 4) is 6.07 Å². The maximum absolute atomic E-state index is 8.75. The first-order chi connectivity index (χ1) is 7.20. The Morgan fingerprint density at radius 2 is 2.12 bits per heavy atom. The van der Waals surface area contributed by atoms with Crippen LogP contribution < -0.4 is 4.90 Å². The van der Waals surface area contributed by atoms with Crippen LogP contribution in [0.1, 0.15) is 5.56 Å². The molecule has 0 atom stereocenters. The minimum atomic E-state index is 0. The molecular formula is C11H11BrIN3. The first kappa shape index (κ1) is 13.3. The average molecular weight is 392 g/mol. The maximum atomic E-state index is 8.75. The Morgan fingerprint density at radius 1 is 1.38 bits per heavy atom. The van der Waals surface area contributed by atoms with Gasteiger partial charge in [0.15, 0.2) is 0 Å². The molecule has 3 nitrogen and oxygen atoms in total. The van der Waals surface area contributed by atoms with Crippen molar-refractivity contribution in [2.24, 2.45) is 0 Å². The monoisotopic (exact) mass is 391 g/mol. The Labute approximate surface area is 120 Å². The number of hydrogen-bond donors (Lipinski definition) is 0. The van der Waals surface area contributed by atoms with Crippen molar-refractivity contribution in [3.05, 3.63) is 40.6 Å². The predicted octanol–water partition coefficient (Wildman–Crippen LogP) is 3.12. The normalized spacial score (nSPS) is 13.6. The Balaban J connectivity index is 0.00000128. The van der Waals surface area contributed by atoms with Crippen molar-refractivity contribution < 1.29 is 0 Å². The quantitative estimate of drug-likeness (QED) is 0.689. The van der Waals surface area contributed by atoms with E-state index in [0.717, 1.165) is 16.8 Å². The van der Waals surface area contributed by atoms with Gasteiger partial charge in [-0.25, -0.2) is 0 Å². The summed E-state index contributed by atoms with van der Waals surface area (Å²) in [6, 6.07) is 7.73. The third-order valence-electron chi connectivity index (χ3n) is 2.26. The van der Waals surface area contributed by atoms with Crippen LogP contribution in [0, 0.1) is 11.3 Å². The van der Waals surface area contributed by atoms with Gasteiger partial charge < -0.3 is 9.80 Å². The number of rotatable bonds is 1. The van der Waals surface area contributed by atoms with E-state index in [4.69, 9.17) is 5.26 Å². The zero-order chi connectivity index (χ0) is 10.8. The molecule has 0 aliphatic carbocycles. The molecule has 2 rings (SSSR count). The third kappa shape index (κ3) is 2.68. The van der Waals surface area contributed by atoms with E-state index in [1.54, 1.807) is 0 Å². The van der Waals surface area contributed by atoms with Gasteiger partial charge in [0.2, 0.25) is 0 Å². The van der Waals surface area contributed by atoms with Crippen molar-refractivity contribution >= 4 is 45.6 Å². The highest BCUT2D eigenvalue weighted by atomic mass is 127. The van der Waals surface area contributed by atoms with E-state index in [1.165, 1.54) is 0 Å². The molecule has 1 aromatic carbocycles. The number of benzene rings is 1. The Kier molecular flexibility index (Phi) is 4.62. The molecule has 16 heavy (non-hydrogen) atoms. The fourth-order valence-corrected chi connectivity index (χ4v) is 2.10. The van der Waals surface area contributed by atoms with Crippen LogP contribution in [-0.4, -0.2) is 18.6 Å². The molecule has 0 fully saturated rings. The molecule has 0 saturated heterocycles. The van der Waals surface area contributed by atoms with Gasteiger partial charge in [-0.2, -0.15) is 5.26 Å². The van der Waals surface area contributed by atoms with E-state index in [9.17, 15) is 0 Å². The van der Waals surface area contributed by atoms with Crippen LogP contribution in [0.25, 0.3) is 0 Å². The second-order valence-electron chi connectivity index (χ2n) is 3.44. The summed E-state index contributed by atoms with van der Waals surface area (Å²) in [6.45, 7) is 0.838. The number of nitrogens with zero attached hydrogens (tertiary/aromatic N) is 3. The first-order valence-corrected chi connectivity index (χ1v) is 5.35. The number of halogens is 2. The lowest BCUT2D eigenvalue weighted by Gasteiger charge is -2.19. The predicted molar refractivity (Wildman–Crippen MR) is 78.5 cm³/mol. The number of hydrogen-bond acceptors (Lipinski definition) is 3. The molecule has 0 saturated carbocycles. The Bertz CT molecular complexity index is 453. The topological polar surface area (TPSA) is 30.3 Å². The van der Waals surface area contributed by atoms with Crippen LogP contribution in [0.15, 0.2) is 35.1 Å². The molecule has 0 unspecified atom stereocenters. The fourth-order valence-electron chi connectivity index (χ4n) is 1.49. The Hall–Kier alpha value is -0.740. The van der Waals surface area contributed by atoms with E-state index >= 15 is 0 Å². The van der Waals surface area contributed by atoms with Crippen LogP contribution in [0.5, 0.6) is 0 Å². The lowest BCUT2D eigenvalue weighted by Crippen LogP contribution is -2.21. The second-order valence-corrected chi connectivity index (χ2v) is 4.30. The summed E-state index contributed by atoms with van der Waals surface area (Å²) in [5, 5.41) is 8.75. The summed E-state index contributed by atoms with van der Waals surface area (Å²) in [5.41, 5.74) is 1.75. The molecule has 0 amide bonds. The van der Waals surface area contributed by atoms with E-state index in [1.807, 2.05) is 37.6 Å². The highest BCUT2D eigenvalue weighted by Gasteiger charge is 2.13. The molecule has 1 heterocycles. The summed E-state index contributed by atoms with van der Waals surface area (Å²) in [6.07, 6.45) is 4.04. The molecule has 0 N–H and O–H groups in total. The highest BCUT2D eigenvalue weighted by Crippen LogP contribution is 2.29. The van der Waals surface area contributed by atoms with Crippen molar-refractivity contribution in [2.75, 3.05) is 18.6 Å². The highest BCUT2D eigenvalue weighted by molar-refractivity contribution is 14.0. The van der Waals surface area contributed by atoms with Gasteiger partial charge in [0.25, 0.3) is 0 Å². The minimum absolute atomic E-state index is 0. The summed E-state index contributed by atoms with van der Waals surface area (Å²) < 4.78 is 0.946. The van der Waals surface area contributed by atoms with Gasteiger partial charge in [-0.05, 0) is 34.1 Å². The SMILES string of the molecule is CN1C=CN(c2ccc(C#N)cc2Br)C1.I. The number of nitriles is 1. The van der Waals surface area contributed by atoms with Gasteiger partial charge in [0.1, 0.15) is 0 Å². The Morgan fingerprint density at radius 3 is 2.62 bits per heavy atom. The van der Waals surface area contributed by atoms with Gasteiger partial charge in [0.05, 0.1) is 24.0 Å². The largest absolute Gasteiger partial charge is 0.361 e. The molecule has 1 aliphatic heterocycles. The molecule has 0 radical (unpaired) electrons. The maximum Gasteiger partial charge on any atom is 0.0992 e. The molecule has 1 aromatic rings. The van der Waals surface area contributed by atoms with Gasteiger partial charge in [-0.15, -0.1) is 24.0 Å². The first-order valence-electron chi connectivity index (χ1n) is 4.55. The van der Waals surface area contributed by atoms with Crippen molar-refractivity contribution in [3.63, 3.8) is 0 Å². The number of anilines is 1. The van der Waals surface area contributed by atoms with Crippen LogP contribution in [0.3, 0.4) is 0 Å². The van der Waals surface area contributed by atoms with E-state index < -0.39 is 0 Å². The van der Waals surface area contributed by atoms with Crippen molar-refractivity contribution in [1.29, 1.82) is 5.26 Å². The molecule has 84 valence electrons. The van der Waals surface area contributed by atoms with Crippen LogP contribution in [0.4, 0.5) is 5.69 Å². The standard InChI is InChI=1S/C11H10BrN3.HI/c1-14-4-5-15(8-14)11-3-2-9(7-13)6-10(11)12;/h2-6H,8H2,1H3;1H. The van der Waals surface area contributed by atoms with E-state index in [2.05, 4.69) is 31.8 Å². The molecular weight excluding hydrogens is 381 g/mol. The molecule has 1 aliphatic rings. The van der Waals surface area contributed by atoms with Gasteiger partial charge in [-0.1, -0.05) is 0 Å². The van der Waals surface area contributed by atoms with Crippen molar-refractivity contribution in [1.82, 2.24) is 4.90 Å². The zero-order valence-electron chi connectivity index (χ0n) is 8.72. The lowest BCUT2D eigenvalue weighted by molar-refractivity contribution is 0.495. The van der Waals surface area contributed by atoms with Gasteiger partial charge in [0, 0.05) is 23.9 Å². The van der Waals surface area contributed by atoms with Gasteiger partial charge >= 0.3 is 0 Å².